The number of carboxylic acids is 1. The maximum Gasteiger partial charge on any atom is 0.335 e. The Balaban J connectivity index is 1.58. The molecule has 0 bridgehead atoms. The number of amides is 2. The van der Waals surface area contributed by atoms with Crippen LogP contribution in [0.15, 0.2) is 85.2 Å². The summed E-state index contributed by atoms with van der Waals surface area (Å²) >= 11 is 0. The van der Waals surface area contributed by atoms with Crippen LogP contribution in [0.3, 0.4) is 0 Å². The van der Waals surface area contributed by atoms with Crippen LogP contribution >= 0.6 is 0 Å². The van der Waals surface area contributed by atoms with Gasteiger partial charge in [-0.05, 0) is 60.7 Å². The van der Waals surface area contributed by atoms with E-state index in [1.165, 1.54) is 24.3 Å². The van der Waals surface area contributed by atoms with Crippen molar-refractivity contribution in [2.75, 3.05) is 0 Å². The number of nitrogens with one attached hydrogen (secondary N) is 2. The number of aromatic nitrogens is 3. The smallest absolute Gasteiger partial charge is 0.335 e. The van der Waals surface area contributed by atoms with Crippen LogP contribution in [0.5, 0.6) is 0 Å². The number of pyridine rings is 3. The first-order valence-corrected chi connectivity index (χ1v) is 11.2. The number of benzene rings is 1. The van der Waals surface area contributed by atoms with Crippen LogP contribution in [0.2, 0.25) is 0 Å². The third-order valence-corrected chi connectivity index (χ3v) is 5.09. The molecule has 0 saturated heterocycles. The molecule has 2 amide bonds. The second kappa shape index (κ2) is 11.9. The van der Waals surface area contributed by atoms with Gasteiger partial charge in [-0.2, -0.15) is 0 Å². The molecule has 182 valence electrons. The fraction of sp³-hybridized carbons (Fsp3) is 0.0714. The quantitative estimate of drug-likeness (QED) is 0.339. The minimum Gasteiger partial charge on any atom is -0.478 e. The fourth-order valence-electron chi connectivity index (χ4n) is 3.20. The lowest BCUT2D eigenvalue weighted by Crippen LogP contribution is -2.28. The van der Waals surface area contributed by atoms with E-state index >= 15 is 0 Å². The predicted molar refractivity (Wildman–Crippen MR) is 134 cm³/mol. The van der Waals surface area contributed by atoms with Gasteiger partial charge in [0.1, 0.15) is 11.4 Å². The van der Waals surface area contributed by atoms with Gasteiger partial charge in [-0.3, -0.25) is 19.6 Å². The maximum absolute atomic E-state index is 12.9. The monoisotopic (exact) mass is 491 g/mol. The molecule has 0 fully saturated rings. The molecule has 0 radical (unpaired) electrons. The third-order valence-electron chi connectivity index (χ3n) is 5.09. The minimum absolute atomic E-state index is 0.0203. The van der Waals surface area contributed by atoms with E-state index in [9.17, 15) is 14.4 Å². The highest BCUT2D eigenvalue weighted by Crippen LogP contribution is 2.09. The van der Waals surface area contributed by atoms with Crippen molar-refractivity contribution >= 4 is 17.8 Å². The molecule has 4 rings (SSSR count). The van der Waals surface area contributed by atoms with Crippen molar-refractivity contribution in [1.82, 2.24) is 25.6 Å². The molecule has 3 N–H and O–H groups in total. The minimum atomic E-state index is -1.03. The van der Waals surface area contributed by atoms with Gasteiger partial charge in [-0.15, -0.1) is 0 Å². The summed E-state index contributed by atoms with van der Waals surface area (Å²) in [5.41, 5.74) is 2.49. The molecule has 3 heterocycles. The highest BCUT2D eigenvalue weighted by Gasteiger charge is 2.15. The number of carbonyl (C=O) groups excluding carboxylic acids is 2. The van der Waals surface area contributed by atoms with E-state index in [-0.39, 0.29) is 30.0 Å². The average molecular weight is 492 g/mol. The van der Waals surface area contributed by atoms with Gasteiger partial charge in [0, 0.05) is 23.5 Å². The first-order chi connectivity index (χ1) is 18.0. The Bertz CT molecular complexity index is 1400. The summed E-state index contributed by atoms with van der Waals surface area (Å²) in [5.74, 6) is 3.84. The summed E-state index contributed by atoms with van der Waals surface area (Å²) in [7, 11) is 0. The summed E-state index contributed by atoms with van der Waals surface area (Å²) in [6.07, 6.45) is 3.26. The van der Waals surface area contributed by atoms with Gasteiger partial charge in [-0.25, -0.2) is 9.78 Å². The van der Waals surface area contributed by atoms with Crippen molar-refractivity contribution in [1.29, 1.82) is 0 Å². The van der Waals surface area contributed by atoms with Crippen LogP contribution in [0, 0.1) is 11.8 Å². The Morgan fingerprint density at radius 2 is 1.22 bits per heavy atom. The molecule has 0 aliphatic carbocycles. The van der Waals surface area contributed by atoms with Crippen LogP contribution in [0.25, 0.3) is 0 Å². The van der Waals surface area contributed by atoms with Gasteiger partial charge in [0.2, 0.25) is 0 Å². The van der Waals surface area contributed by atoms with E-state index in [1.807, 2.05) is 12.1 Å². The Hall–Kier alpha value is -5.36. The Morgan fingerprint density at radius 3 is 1.68 bits per heavy atom. The van der Waals surface area contributed by atoms with E-state index in [0.717, 1.165) is 0 Å². The van der Waals surface area contributed by atoms with E-state index in [2.05, 4.69) is 37.4 Å². The third kappa shape index (κ3) is 7.07. The molecule has 0 aliphatic heterocycles. The molecular formula is C28H21N5O4. The first kappa shape index (κ1) is 24.8. The normalized spacial score (nSPS) is 10.1. The highest BCUT2D eigenvalue weighted by atomic mass is 16.4. The Kier molecular flexibility index (Phi) is 7.94. The number of carboxylic acid groups (broad SMARTS) is 1. The van der Waals surface area contributed by atoms with Gasteiger partial charge in [0.05, 0.1) is 30.0 Å². The van der Waals surface area contributed by atoms with Gasteiger partial charge in [0.15, 0.2) is 0 Å². The van der Waals surface area contributed by atoms with Gasteiger partial charge in [0.25, 0.3) is 11.8 Å². The molecule has 9 nitrogen and oxygen atoms in total. The second-order valence-corrected chi connectivity index (χ2v) is 7.77. The maximum atomic E-state index is 12.9. The zero-order valence-electron chi connectivity index (χ0n) is 19.5. The van der Waals surface area contributed by atoms with Crippen molar-refractivity contribution in [3.05, 3.63) is 125 Å². The first-order valence-electron chi connectivity index (χ1n) is 11.2. The topological polar surface area (TPSA) is 134 Å². The molecule has 3 aromatic heterocycles. The lowest BCUT2D eigenvalue weighted by atomic mass is 10.1. The molecule has 0 atom stereocenters. The summed E-state index contributed by atoms with van der Waals surface area (Å²) in [4.78, 5) is 49.4. The van der Waals surface area contributed by atoms with Gasteiger partial charge < -0.3 is 15.7 Å². The van der Waals surface area contributed by atoms with Crippen molar-refractivity contribution in [2.24, 2.45) is 0 Å². The van der Waals surface area contributed by atoms with Crippen molar-refractivity contribution in [3.63, 3.8) is 0 Å². The zero-order valence-corrected chi connectivity index (χ0v) is 19.5. The largest absolute Gasteiger partial charge is 0.478 e. The molecule has 0 spiro atoms. The molecule has 4 aromatic rings. The fourth-order valence-corrected chi connectivity index (χ4v) is 3.20. The summed E-state index contributed by atoms with van der Waals surface area (Å²) < 4.78 is 0. The number of hydrogen-bond donors (Lipinski definition) is 3. The lowest BCUT2D eigenvalue weighted by Gasteiger charge is -2.08. The molecule has 1 aromatic carbocycles. The van der Waals surface area contributed by atoms with Crippen LogP contribution in [0.1, 0.15) is 53.8 Å². The molecule has 37 heavy (non-hydrogen) atoms. The summed E-state index contributed by atoms with van der Waals surface area (Å²) in [6, 6.07) is 19.8. The van der Waals surface area contributed by atoms with Crippen molar-refractivity contribution in [2.45, 2.75) is 13.1 Å². The summed E-state index contributed by atoms with van der Waals surface area (Å²) in [6.45, 7) is 0.378. The number of rotatable bonds is 7. The van der Waals surface area contributed by atoms with Gasteiger partial charge >= 0.3 is 5.97 Å². The lowest BCUT2D eigenvalue weighted by molar-refractivity contribution is 0.0696. The van der Waals surface area contributed by atoms with E-state index in [4.69, 9.17) is 5.11 Å². The number of hydrogen-bond acceptors (Lipinski definition) is 6. The standard InChI is InChI=1S/C28H21N5O4/c34-26(31-17-22-5-1-3-13-29-22)24-15-20(8-7-19-9-11-21(12-10-19)28(36)37)16-25(33-24)27(35)32-18-23-6-2-4-14-30-23/h1-6,9-16H,17-18H2,(H,31,34)(H,32,35)(H,36,37). The van der Waals surface area contributed by atoms with E-state index in [0.29, 0.717) is 22.5 Å². The zero-order chi connectivity index (χ0) is 26.0. The molecule has 9 heteroatoms. The van der Waals surface area contributed by atoms with Crippen LogP contribution in [-0.2, 0) is 13.1 Å². The van der Waals surface area contributed by atoms with E-state index in [1.54, 1.807) is 48.8 Å². The van der Waals surface area contributed by atoms with E-state index < -0.39 is 17.8 Å². The Labute approximate surface area is 212 Å². The van der Waals surface area contributed by atoms with Crippen LogP contribution < -0.4 is 10.6 Å². The van der Waals surface area contributed by atoms with Crippen LogP contribution in [-0.4, -0.2) is 37.8 Å². The highest BCUT2D eigenvalue weighted by molar-refractivity contribution is 5.97. The number of carbonyl (C=O) groups is 3. The number of aromatic carboxylic acids is 1. The van der Waals surface area contributed by atoms with Crippen LogP contribution in [0.4, 0.5) is 0 Å². The van der Waals surface area contributed by atoms with Gasteiger partial charge in [-0.1, -0.05) is 24.0 Å². The average Bonchev–Trinajstić information content (AvgIpc) is 2.94. The molecular weight excluding hydrogens is 470 g/mol. The number of nitrogens with zero attached hydrogens (tertiary/aromatic N) is 3. The SMILES string of the molecule is O=C(O)c1ccc(C#Cc2cc(C(=O)NCc3ccccn3)nc(C(=O)NCc3ccccn3)c2)cc1. The predicted octanol–water partition coefficient (Wildman–Crippen LogP) is 2.83. The summed E-state index contributed by atoms with van der Waals surface area (Å²) in [5, 5.41) is 14.6. The van der Waals surface area contributed by atoms with Crippen molar-refractivity contribution in [3.8, 4) is 11.8 Å². The molecule has 0 saturated carbocycles. The molecule has 0 aliphatic rings. The molecule has 0 unspecified atom stereocenters. The second-order valence-electron chi connectivity index (χ2n) is 7.77. The van der Waals surface area contributed by atoms with Crippen molar-refractivity contribution < 1.29 is 19.5 Å². The Morgan fingerprint density at radius 1 is 0.703 bits per heavy atom.